The number of hydrogen-bond acceptors (Lipinski definition) is 3. The average Bonchev–Trinajstić information content (AvgIpc) is 2.87. The fraction of sp³-hybridized carbons (Fsp3) is 0.167. The lowest BCUT2D eigenvalue weighted by atomic mass is 10.1. The van der Waals surface area contributed by atoms with Gasteiger partial charge in [0, 0.05) is 23.2 Å². The molecule has 0 spiro atoms. The van der Waals surface area contributed by atoms with Crippen molar-refractivity contribution in [3.05, 3.63) is 48.0 Å². The number of anilines is 1. The second kappa shape index (κ2) is 5.45. The highest BCUT2D eigenvalue weighted by atomic mass is 16.5. The number of nitrogens with zero attached hydrogens (tertiary/aromatic N) is 2. The van der Waals surface area contributed by atoms with Gasteiger partial charge in [-0.25, -0.2) is 0 Å². The smallest absolute Gasteiger partial charge is 0.119 e. The summed E-state index contributed by atoms with van der Waals surface area (Å²) in [5, 5.41) is 10.6. The van der Waals surface area contributed by atoms with Gasteiger partial charge in [0.2, 0.25) is 0 Å². The van der Waals surface area contributed by atoms with E-state index in [1.165, 1.54) is 0 Å². The fourth-order valence-electron chi connectivity index (χ4n) is 2.89. The summed E-state index contributed by atoms with van der Waals surface area (Å²) in [6.07, 6.45) is 0. The van der Waals surface area contributed by atoms with Gasteiger partial charge < -0.3 is 15.0 Å². The van der Waals surface area contributed by atoms with E-state index in [1.807, 2.05) is 42.5 Å². The minimum absolute atomic E-state index is 0.654. The minimum Gasteiger partial charge on any atom is -0.497 e. The number of nitrogen functional groups attached to an aromatic ring is 1. The van der Waals surface area contributed by atoms with Gasteiger partial charge >= 0.3 is 0 Å². The molecular weight excluding hydrogens is 274 g/mol. The molecule has 0 atom stereocenters. The third kappa shape index (κ3) is 2.08. The van der Waals surface area contributed by atoms with Crippen molar-refractivity contribution >= 4 is 16.6 Å². The van der Waals surface area contributed by atoms with E-state index in [1.54, 1.807) is 7.11 Å². The molecular formula is C18H17N3O. The zero-order chi connectivity index (χ0) is 15.7. The van der Waals surface area contributed by atoms with E-state index in [9.17, 15) is 5.26 Å². The monoisotopic (exact) mass is 291 g/mol. The number of aryl methyl sites for hydroxylation is 1. The van der Waals surface area contributed by atoms with Crippen LogP contribution in [0.4, 0.5) is 5.69 Å². The van der Waals surface area contributed by atoms with Crippen LogP contribution >= 0.6 is 0 Å². The molecule has 1 heterocycles. The molecule has 0 aliphatic carbocycles. The third-order valence-electron chi connectivity index (χ3n) is 3.86. The molecule has 1 aromatic heterocycles. The molecule has 0 aliphatic heterocycles. The molecule has 3 aromatic rings. The summed E-state index contributed by atoms with van der Waals surface area (Å²) in [5.74, 6) is 0.747. The number of rotatable bonds is 3. The van der Waals surface area contributed by atoms with Crippen molar-refractivity contribution in [3.63, 3.8) is 0 Å². The van der Waals surface area contributed by atoms with Gasteiger partial charge in [-0.2, -0.15) is 5.26 Å². The van der Waals surface area contributed by atoms with Crippen LogP contribution in [0.2, 0.25) is 0 Å². The number of nitriles is 1. The average molecular weight is 291 g/mol. The Morgan fingerprint density at radius 1 is 1.23 bits per heavy atom. The lowest BCUT2D eigenvalue weighted by Crippen LogP contribution is -1.98. The van der Waals surface area contributed by atoms with Crippen LogP contribution < -0.4 is 10.5 Å². The Hall–Kier alpha value is -2.93. The Kier molecular flexibility index (Phi) is 3.48. The van der Waals surface area contributed by atoms with Crippen LogP contribution in [0.15, 0.2) is 42.5 Å². The third-order valence-corrected chi connectivity index (χ3v) is 3.86. The summed E-state index contributed by atoms with van der Waals surface area (Å²) < 4.78 is 7.43. The highest BCUT2D eigenvalue weighted by Crippen LogP contribution is 2.35. The van der Waals surface area contributed by atoms with E-state index in [0.29, 0.717) is 11.3 Å². The Labute approximate surface area is 129 Å². The predicted molar refractivity (Wildman–Crippen MR) is 88.7 cm³/mol. The van der Waals surface area contributed by atoms with E-state index < -0.39 is 0 Å². The molecule has 2 aromatic carbocycles. The largest absolute Gasteiger partial charge is 0.497 e. The molecule has 0 bridgehead atoms. The number of aromatic nitrogens is 1. The summed E-state index contributed by atoms with van der Waals surface area (Å²) in [5.41, 5.74) is 10.1. The van der Waals surface area contributed by atoms with Gasteiger partial charge in [-0.05, 0) is 37.3 Å². The maximum atomic E-state index is 9.68. The van der Waals surface area contributed by atoms with Crippen LogP contribution in [0.5, 0.6) is 5.75 Å². The second-order valence-electron chi connectivity index (χ2n) is 5.09. The highest BCUT2D eigenvalue weighted by Gasteiger charge is 2.18. The Bertz CT molecular complexity index is 887. The van der Waals surface area contributed by atoms with E-state index in [4.69, 9.17) is 10.5 Å². The van der Waals surface area contributed by atoms with E-state index in [-0.39, 0.29) is 0 Å². The summed E-state index contributed by atoms with van der Waals surface area (Å²) in [6.45, 7) is 2.84. The van der Waals surface area contributed by atoms with Crippen molar-refractivity contribution < 1.29 is 4.74 Å². The molecule has 22 heavy (non-hydrogen) atoms. The predicted octanol–water partition coefficient (Wildman–Crippen LogP) is 3.79. The van der Waals surface area contributed by atoms with Crippen LogP contribution in [0, 0.1) is 11.3 Å². The summed E-state index contributed by atoms with van der Waals surface area (Å²) in [6, 6.07) is 15.8. The number of ether oxygens (including phenoxy) is 1. The van der Waals surface area contributed by atoms with Gasteiger partial charge in [-0.1, -0.05) is 12.1 Å². The normalized spacial score (nSPS) is 10.6. The minimum atomic E-state index is 0.654. The molecule has 0 aliphatic rings. The summed E-state index contributed by atoms with van der Waals surface area (Å²) in [4.78, 5) is 0. The van der Waals surface area contributed by atoms with Crippen LogP contribution in [-0.2, 0) is 6.54 Å². The summed E-state index contributed by atoms with van der Waals surface area (Å²) in [7, 11) is 1.63. The Morgan fingerprint density at radius 2 is 2.05 bits per heavy atom. The standard InChI is InChI=1S/C18H17N3O/c1-3-21-17-8-7-14(22-2)10-15(17)16(11-19)18(21)12-5-4-6-13(20)9-12/h4-10H,3,20H2,1-2H3. The van der Waals surface area contributed by atoms with Crippen LogP contribution in [-0.4, -0.2) is 11.7 Å². The Morgan fingerprint density at radius 3 is 2.68 bits per heavy atom. The molecule has 0 amide bonds. The zero-order valence-electron chi connectivity index (χ0n) is 12.6. The van der Waals surface area contributed by atoms with Gasteiger partial charge in [0.25, 0.3) is 0 Å². The number of fused-ring (bicyclic) bond motifs is 1. The number of hydrogen-bond donors (Lipinski definition) is 1. The molecule has 0 radical (unpaired) electrons. The first kappa shape index (κ1) is 14.0. The van der Waals surface area contributed by atoms with Gasteiger partial charge in [-0.3, -0.25) is 0 Å². The SMILES string of the molecule is CCn1c(-c2cccc(N)c2)c(C#N)c2cc(OC)ccc21. The van der Waals surface area contributed by atoms with Gasteiger partial charge in [0.05, 0.1) is 23.9 Å². The first-order chi connectivity index (χ1) is 10.7. The number of benzene rings is 2. The van der Waals surface area contributed by atoms with E-state index in [2.05, 4.69) is 17.6 Å². The van der Waals surface area contributed by atoms with Crippen molar-refractivity contribution in [2.45, 2.75) is 13.5 Å². The van der Waals surface area contributed by atoms with E-state index >= 15 is 0 Å². The second-order valence-corrected chi connectivity index (χ2v) is 5.09. The summed E-state index contributed by atoms with van der Waals surface area (Å²) >= 11 is 0. The molecule has 0 unspecified atom stereocenters. The fourth-order valence-corrected chi connectivity index (χ4v) is 2.89. The van der Waals surface area contributed by atoms with Crippen molar-refractivity contribution in [1.29, 1.82) is 5.26 Å². The molecule has 2 N–H and O–H groups in total. The van der Waals surface area contributed by atoms with Crippen LogP contribution in [0.1, 0.15) is 12.5 Å². The molecule has 3 rings (SSSR count). The van der Waals surface area contributed by atoms with Crippen LogP contribution in [0.3, 0.4) is 0 Å². The first-order valence-corrected chi connectivity index (χ1v) is 7.15. The van der Waals surface area contributed by atoms with Gasteiger partial charge in [-0.15, -0.1) is 0 Å². The van der Waals surface area contributed by atoms with E-state index in [0.717, 1.165) is 34.5 Å². The molecule has 4 nitrogen and oxygen atoms in total. The molecule has 0 saturated heterocycles. The van der Waals surface area contributed by atoms with Gasteiger partial charge in [0.1, 0.15) is 11.8 Å². The topological polar surface area (TPSA) is 64.0 Å². The van der Waals surface area contributed by atoms with Crippen LogP contribution in [0.25, 0.3) is 22.2 Å². The lowest BCUT2D eigenvalue weighted by molar-refractivity contribution is 0.415. The van der Waals surface area contributed by atoms with Crippen molar-refractivity contribution in [2.75, 3.05) is 12.8 Å². The van der Waals surface area contributed by atoms with Gasteiger partial charge in [0.15, 0.2) is 0 Å². The van der Waals surface area contributed by atoms with Crippen molar-refractivity contribution in [3.8, 4) is 23.1 Å². The maximum Gasteiger partial charge on any atom is 0.119 e. The molecule has 0 saturated carbocycles. The highest BCUT2D eigenvalue weighted by molar-refractivity contribution is 5.95. The molecule has 110 valence electrons. The molecule has 0 fully saturated rings. The Balaban J connectivity index is 2.40. The number of nitrogens with two attached hydrogens (primary N) is 1. The van der Waals surface area contributed by atoms with Crippen molar-refractivity contribution in [2.24, 2.45) is 0 Å². The van der Waals surface area contributed by atoms with Crippen molar-refractivity contribution in [1.82, 2.24) is 4.57 Å². The lowest BCUT2D eigenvalue weighted by Gasteiger charge is -2.09. The maximum absolute atomic E-state index is 9.68. The number of methoxy groups -OCH3 is 1. The quantitative estimate of drug-likeness (QED) is 0.747. The first-order valence-electron chi connectivity index (χ1n) is 7.15. The zero-order valence-corrected chi connectivity index (χ0v) is 12.6. The molecule has 4 heteroatoms.